The molecule has 3 rings (SSSR count). The molecule has 2 heterocycles. The van der Waals surface area contributed by atoms with E-state index in [-0.39, 0.29) is 11.3 Å². The van der Waals surface area contributed by atoms with Crippen molar-refractivity contribution < 1.29 is 14.0 Å². The van der Waals surface area contributed by atoms with Crippen LogP contribution in [0.1, 0.15) is 13.8 Å². The Morgan fingerprint density at radius 3 is 2.65 bits per heavy atom. The maximum Gasteiger partial charge on any atom is 0.222 e. The van der Waals surface area contributed by atoms with E-state index in [9.17, 15) is 0 Å². The molecule has 1 aromatic heterocycles. The van der Waals surface area contributed by atoms with Crippen LogP contribution in [0, 0.1) is 5.41 Å². The first-order chi connectivity index (χ1) is 9.44. The molecule has 0 radical (unpaired) electrons. The Hall–Kier alpha value is -1.69. The van der Waals surface area contributed by atoms with Crippen LogP contribution in [0.25, 0.3) is 11.3 Å². The van der Waals surface area contributed by atoms with Gasteiger partial charge in [-0.05, 0) is 28.1 Å². The zero-order chi connectivity index (χ0) is 14.3. The van der Waals surface area contributed by atoms with Crippen molar-refractivity contribution in [2.75, 3.05) is 18.9 Å². The molecule has 20 heavy (non-hydrogen) atoms. The Labute approximate surface area is 125 Å². The molecule has 2 N–H and O–H groups in total. The van der Waals surface area contributed by atoms with E-state index < -0.39 is 0 Å². The number of ether oxygens (including phenoxy) is 2. The van der Waals surface area contributed by atoms with Gasteiger partial charge in [0, 0.05) is 17.0 Å². The largest absolute Gasteiger partial charge is 0.489 e. The number of hydrogen-bond acceptors (Lipinski definition) is 5. The van der Waals surface area contributed by atoms with Gasteiger partial charge >= 0.3 is 0 Å². The fourth-order valence-electron chi connectivity index (χ4n) is 1.97. The smallest absolute Gasteiger partial charge is 0.222 e. The number of hydrogen-bond donors (Lipinski definition) is 1. The monoisotopic (exact) mass is 338 g/mol. The van der Waals surface area contributed by atoms with Crippen LogP contribution in [-0.2, 0) is 0 Å². The second-order valence-electron chi connectivity index (χ2n) is 5.64. The molecule has 0 atom stereocenters. The average Bonchev–Trinajstić information content (AvgIpc) is 2.74. The Kier molecular flexibility index (Phi) is 3.12. The number of halogens is 1. The predicted octanol–water partition coefficient (Wildman–Crippen LogP) is 3.48. The van der Waals surface area contributed by atoms with E-state index in [0.29, 0.717) is 24.7 Å². The molecule has 1 aliphatic rings. The van der Waals surface area contributed by atoms with Gasteiger partial charge in [-0.2, -0.15) is 0 Å². The van der Waals surface area contributed by atoms with E-state index in [1.165, 1.54) is 0 Å². The standard InChI is InChI=1S/C14H15BrN2O3/c1-14(2)6-18-11-4-8(10-5-12(16)20-17-10)3-9(15)13(11)19-7-14/h3-5H,6-7,16H2,1-2H3. The fourth-order valence-corrected chi connectivity index (χ4v) is 2.53. The highest BCUT2D eigenvalue weighted by molar-refractivity contribution is 9.10. The van der Waals surface area contributed by atoms with Gasteiger partial charge in [0.2, 0.25) is 5.88 Å². The van der Waals surface area contributed by atoms with Crippen LogP contribution >= 0.6 is 15.9 Å². The zero-order valence-corrected chi connectivity index (χ0v) is 12.9. The zero-order valence-electron chi connectivity index (χ0n) is 11.3. The second kappa shape index (κ2) is 4.70. The molecule has 0 fully saturated rings. The maximum atomic E-state index is 5.87. The van der Waals surface area contributed by atoms with Gasteiger partial charge < -0.3 is 19.7 Å². The number of benzene rings is 1. The highest BCUT2D eigenvalue weighted by Gasteiger charge is 2.27. The maximum absolute atomic E-state index is 5.87. The van der Waals surface area contributed by atoms with E-state index >= 15 is 0 Å². The third kappa shape index (κ3) is 2.47. The summed E-state index contributed by atoms with van der Waals surface area (Å²) in [6.07, 6.45) is 0. The Balaban J connectivity index is 2.02. The lowest BCUT2D eigenvalue weighted by molar-refractivity contribution is 0.140. The van der Waals surface area contributed by atoms with Gasteiger partial charge in [0.05, 0.1) is 17.7 Å². The van der Waals surface area contributed by atoms with Gasteiger partial charge in [0.25, 0.3) is 0 Å². The van der Waals surface area contributed by atoms with E-state index in [1.807, 2.05) is 12.1 Å². The number of nitrogens with zero attached hydrogens (tertiary/aromatic N) is 1. The van der Waals surface area contributed by atoms with Crippen molar-refractivity contribution in [2.24, 2.45) is 5.41 Å². The number of rotatable bonds is 1. The van der Waals surface area contributed by atoms with Gasteiger partial charge in [-0.1, -0.05) is 19.0 Å². The Bertz CT molecular complexity index is 652. The summed E-state index contributed by atoms with van der Waals surface area (Å²) in [5, 5.41) is 3.91. The van der Waals surface area contributed by atoms with Crippen molar-refractivity contribution in [3.8, 4) is 22.8 Å². The van der Waals surface area contributed by atoms with E-state index in [4.69, 9.17) is 19.7 Å². The number of fused-ring (bicyclic) bond motifs is 1. The first kappa shape index (κ1) is 13.3. The minimum absolute atomic E-state index is 0.0308. The summed E-state index contributed by atoms with van der Waals surface area (Å²) in [5.74, 6) is 1.70. The van der Waals surface area contributed by atoms with Crippen molar-refractivity contribution >= 4 is 21.8 Å². The summed E-state index contributed by atoms with van der Waals surface area (Å²) < 4.78 is 17.4. The number of anilines is 1. The Morgan fingerprint density at radius 2 is 1.95 bits per heavy atom. The summed E-state index contributed by atoms with van der Waals surface area (Å²) in [7, 11) is 0. The van der Waals surface area contributed by atoms with Crippen molar-refractivity contribution in [1.29, 1.82) is 0 Å². The second-order valence-corrected chi connectivity index (χ2v) is 6.50. The normalized spacial score (nSPS) is 16.8. The molecule has 5 nitrogen and oxygen atoms in total. The summed E-state index contributed by atoms with van der Waals surface area (Å²) in [6.45, 7) is 5.41. The first-order valence-corrected chi connectivity index (χ1v) is 7.06. The van der Waals surface area contributed by atoms with Crippen molar-refractivity contribution in [3.05, 3.63) is 22.7 Å². The lowest BCUT2D eigenvalue weighted by atomic mass is 9.97. The van der Waals surface area contributed by atoms with Crippen LogP contribution in [0.5, 0.6) is 11.5 Å². The van der Waals surface area contributed by atoms with Crippen molar-refractivity contribution in [2.45, 2.75) is 13.8 Å². The summed E-state index contributed by atoms with van der Waals surface area (Å²) >= 11 is 3.51. The van der Waals surface area contributed by atoms with Crippen LogP contribution in [0.2, 0.25) is 0 Å². The van der Waals surface area contributed by atoms with Gasteiger partial charge in [-0.3, -0.25) is 0 Å². The Morgan fingerprint density at radius 1 is 1.20 bits per heavy atom. The molecular formula is C14H15BrN2O3. The molecule has 0 unspecified atom stereocenters. The SMILES string of the molecule is CC1(C)COc2cc(-c3cc(N)on3)cc(Br)c2OC1. The fraction of sp³-hybridized carbons (Fsp3) is 0.357. The quantitative estimate of drug-likeness (QED) is 0.861. The third-order valence-corrected chi connectivity index (χ3v) is 3.65. The van der Waals surface area contributed by atoms with Gasteiger partial charge in [0.1, 0.15) is 5.69 Å². The topological polar surface area (TPSA) is 70.5 Å². The molecule has 0 aliphatic carbocycles. The first-order valence-electron chi connectivity index (χ1n) is 6.26. The van der Waals surface area contributed by atoms with Crippen LogP contribution < -0.4 is 15.2 Å². The van der Waals surface area contributed by atoms with Crippen molar-refractivity contribution in [1.82, 2.24) is 5.16 Å². The van der Waals surface area contributed by atoms with E-state index in [0.717, 1.165) is 15.8 Å². The third-order valence-electron chi connectivity index (χ3n) is 3.06. The van der Waals surface area contributed by atoms with Gasteiger partial charge in [-0.25, -0.2) is 0 Å². The summed E-state index contributed by atoms with van der Waals surface area (Å²) in [4.78, 5) is 0. The molecule has 6 heteroatoms. The van der Waals surface area contributed by atoms with E-state index in [2.05, 4.69) is 34.9 Å². The molecule has 1 aliphatic heterocycles. The lowest BCUT2D eigenvalue weighted by Gasteiger charge is -2.19. The van der Waals surface area contributed by atoms with Gasteiger partial charge in [0.15, 0.2) is 11.5 Å². The molecule has 0 saturated carbocycles. The highest BCUT2D eigenvalue weighted by Crippen LogP contribution is 2.42. The molecule has 106 valence electrons. The van der Waals surface area contributed by atoms with Crippen molar-refractivity contribution in [3.63, 3.8) is 0 Å². The average molecular weight is 339 g/mol. The molecule has 0 saturated heterocycles. The highest BCUT2D eigenvalue weighted by atomic mass is 79.9. The van der Waals surface area contributed by atoms with Crippen LogP contribution in [0.4, 0.5) is 5.88 Å². The number of nitrogens with two attached hydrogens (primary N) is 1. The molecule has 2 aromatic rings. The molecule has 1 aromatic carbocycles. The molecule has 0 bridgehead atoms. The number of nitrogen functional groups attached to an aromatic ring is 1. The molecule has 0 amide bonds. The van der Waals surface area contributed by atoms with E-state index in [1.54, 1.807) is 6.07 Å². The van der Waals surface area contributed by atoms with Gasteiger partial charge in [-0.15, -0.1) is 0 Å². The van der Waals surface area contributed by atoms with Crippen LogP contribution in [0.3, 0.4) is 0 Å². The minimum atomic E-state index is -0.0308. The predicted molar refractivity (Wildman–Crippen MR) is 78.8 cm³/mol. The van der Waals surface area contributed by atoms with Crippen LogP contribution in [-0.4, -0.2) is 18.4 Å². The molecule has 0 spiro atoms. The lowest BCUT2D eigenvalue weighted by Crippen LogP contribution is -2.26. The minimum Gasteiger partial charge on any atom is -0.489 e. The molecular weight excluding hydrogens is 324 g/mol. The van der Waals surface area contributed by atoms with Crippen LogP contribution in [0.15, 0.2) is 27.2 Å². The summed E-state index contributed by atoms with van der Waals surface area (Å²) in [6, 6.07) is 5.48. The summed E-state index contributed by atoms with van der Waals surface area (Å²) in [5.41, 5.74) is 7.05. The number of aromatic nitrogens is 1.